The lowest BCUT2D eigenvalue weighted by Crippen LogP contribution is -2.42. The zero-order valence-electron chi connectivity index (χ0n) is 48.3. The van der Waals surface area contributed by atoms with E-state index in [1.165, 1.54) is 58.8 Å². The molecule has 7 heterocycles. The van der Waals surface area contributed by atoms with Crippen LogP contribution in [0.1, 0.15) is 46.2 Å². The minimum absolute atomic E-state index is 0.0550. The van der Waals surface area contributed by atoms with Gasteiger partial charge in [0.05, 0.1) is 59.0 Å². The fourth-order valence-electron chi connectivity index (χ4n) is 11.6. The van der Waals surface area contributed by atoms with Gasteiger partial charge >= 0.3 is 0 Å². The van der Waals surface area contributed by atoms with Crippen molar-refractivity contribution in [1.82, 2.24) is 0 Å². The van der Waals surface area contributed by atoms with Crippen molar-refractivity contribution in [3.05, 3.63) is 206 Å². The van der Waals surface area contributed by atoms with Crippen molar-refractivity contribution in [2.75, 3.05) is 54.9 Å². The second-order valence-corrected chi connectivity index (χ2v) is 24.7. The van der Waals surface area contributed by atoms with Gasteiger partial charge in [0.2, 0.25) is 5.43 Å². The monoisotopic (exact) mass is 1500 g/mol. The molecular formula is C65H50Br4F4N6O12. The molecular weight excluding hydrogens is 1450 g/mol. The minimum atomic E-state index is -0.968. The van der Waals surface area contributed by atoms with Gasteiger partial charge < -0.3 is 69.0 Å². The summed E-state index contributed by atoms with van der Waals surface area (Å²) in [6, 6.07) is 33.5. The Labute approximate surface area is 549 Å². The molecule has 6 aliphatic heterocycles. The molecule has 468 valence electrons. The maximum atomic E-state index is 14.6. The number of methoxy groups -OCH3 is 4. The van der Waals surface area contributed by atoms with Crippen LogP contribution in [0.4, 0.5) is 17.6 Å². The second kappa shape index (κ2) is 24.9. The summed E-state index contributed by atoms with van der Waals surface area (Å²) in [5.74, 6) is 1.70. The highest BCUT2D eigenvalue weighted by Crippen LogP contribution is 2.57. The van der Waals surface area contributed by atoms with Crippen molar-refractivity contribution in [2.45, 2.75) is 29.5 Å². The van der Waals surface area contributed by atoms with Crippen molar-refractivity contribution >= 4 is 104 Å². The molecule has 0 amide bonds. The molecule has 0 bridgehead atoms. The Morgan fingerprint density at radius 3 is 1.29 bits per heavy atom. The summed E-state index contributed by atoms with van der Waals surface area (Å²) in [4.78, 5) is 26.1. The fraction of sp³-hybridized carbons (Fsp3) is 0.200. The molecule has 0 radical (unpaired) electrons. The molecule has 18 nitrogen and oxygen atoms in total. The maximum Gasteiger partial charge on any atom is 0.283 e. The molecule has 3 spiro atoms. The summed E-state index contributed by atoms with van der Waals surface area (Å²) in [5, 5.41) is 0.567. The van der Waals surface area contributed by atoms with Gasteiger partial charge in [-0.1, -0.05) is 63.7 Å². The average molecular weight is 1500 g/mol. The molecule has 0 saturated heterocycles. The minimum Gasteiger partial charge on any atom is -0.497 e. The molecule has 1 aromatic heterocycles. The van der Waals surface area contributed by atoms with Gasteiger partial charge in [0.15, 0.2) is 46.1 Å². The number of nitrogens with two attached hydrogens (primary N) is 3. The van der Waals surface area contributed by atoms with Crippen LogP contribution in [0.5, 0.6) is 57.5 Å². The first-order chi connectivity index (χ1) is 43.7. The van der Waals surface area contributed by atoms with Crippen LogP contribution in [-0.4, -0.2) is 72.7 Å². The zero-order valence-corrected chi connectivity index (χ0v) is 54.6. The van der Waals surface area contributed by atoms with Gasteiger partial charge in [-0.3, -0.25) is 9.79 Å². The van der Waals surface area contributed by atoms with E-state index in [-0.39, 0.29) is 64.7 Å². The van der Waals surface area contributed by atoms with Crippen molar-refractivity contribution in [1.29, 1.82) is 0 Å². The molecule has 15 rings (SSSR count). The largest absolute Gasteiger partial charge is 0.497 e. The van der Waals surface area contributed by atoms with Crippen LogP contribution in [0.2, 0.25) is 0 Å². The molecule has 3 atom stereocenters. The van der Waals surface area contributed by atoms with E-state index in [0.717, 1.165) is 34.6 Å². The Morgan fingerprint density at radius 1 is 0.462 bits per heavy atom. The Balaban J connectivity index is 0.000000118. The van der Waals surface area contributed by atoms with Gasteiger partial charge in [-0.2, -0.15) is 0 Å². The fourth-order valence-corrected chi connectivity index (χ4v) is 13.1. The van der Waals surface area contributed by atoms with Crippen LogP contribution in [0.15, 0.2) is 163 Å². The number of hydrogen-bond acceptors (Lipinski definition) is 18. The van der Waals surface area contributed by atoms with Crippen LogP contribution < -0.4 is 55.8 Å². The number of fused-ring (bicyclic) bond motifs is 14. The van der Waals surface area contributed by atoms with Crippen LogP contribution in [0, 0.1) is 23.3 Å². The summed E-state index contributed by atoms with van der Waals surface area (Å²) in [6.45, 7) is 1.23. The van der Waals surface area contributed by atoms with Gasteiger partial charge in [-0.05, 0) is 97.1 Å². The van der Waals surface area contributed by atoms with E-state index in [9.17, 15) is 22.4 Å². The second-order valence-electron chi connectivity index (χ2n) is 21.0. The number of amidine groups is 3. The summed E-state index contributed by atoms with van der Waals surface area (Å²) in [6.07, 6.45) is 1.03. The van der Waals surface area contributed by atoms with Gasteiger partial charge in [-0.15, -0.1) is 0 Å². The lowest BCUT2D eigenvalue weighted by Gasteiger charge is -2.39. The predicted octanol–water partition coefficient (Wildman–Crippen LogP) is 14.6. The number of nitrogens with zero attached hydrogens (tertiary/aromatic N) is 3. The molecule has 91 heavy (non-hydrogen) atoms. The van der Waals surface area contributed by atoms with Gasteiger partial charge in [0.1, 0.15) is 74.9 Å². The number of hydrogen-bond donors (Lipinski definition) is 3. The number of benzene rings is 8. The first-order valence-electron chi connectivity index (χ1n) is 27.6. The molecule has 0 fully saturated rings. The molecule has 9 aromatic rings. The number of halogens is 8. The first-order valence-corrected chi connectivity index (χ1v) is 30.7. The summed E-state index contributed by atoms with van der Waals surface area (Å²) in [7, 11) is 5.88. The van der Waals surface area contributed by atoms with E-state index in [0.29, 0.717) is 94.0 Å². The van der Waals surface area contributed by atoms with Crippen LogP contribution in [0.3, 0.4) is 0 Å². The number of aliphatic imine (C=N–C) groups is 3. The van der Waals surface area contributed by atoms with Crippen LogP contribution in [-0.2, 0) is 30.8 Å². The average Bonchev–Trinajstić information content (AvgIpc) is 0.751. The summed E-state index contributed by atoms with van der Waals surface area (Å²) >= 11 is 13.7. The first kappa shape index (κ1) is 62.6. The highest BCUT2D eigenvalue weighted by Gasteiger charge is 2.49. The third kappa shape index (κ3) is 11.5. The van der Waals surface area contributed by atoms with E-state index >= 15 is 0 Å². The standard InChI is InChI=1S/3C17H14BrFN2O3.C14H8BrFO3/c1-22-10-5-12-16(13(19)6-10)24-14-3-2-9(18)4-11(14)17(12)8-23-7-15(20)21-17;2*1-22-10-7-12-15(13(19)8-10)24-14-3-2-9(18)6-11(14)17(12)4-5-23-16(20)21-17;1-18-8-5-10-13(17)9-4-7(15)2-3-12(9)19-14(10)11(16)6-8/h2-6H,7-8H2,1H3,(H2,20,21);2*2-3,6-8H,4-5H2,1H3,(H2,20,21);2-6H,1H3/t;2*17-;/m.10./s1. The zero-order chi connectivity index (χ0) is 64.3. The topological polar surface area (TPSA) is 238 Å². The third-order valence-electron chi connectivity index (χ3n) is 15.7. The van der Waals surface area contributed by atoms with Gasteiger partial charge in [0, 0.05) is 88.4 Å². The Kier molecular flexibility index (Phi) is 17.1. The molecule has 6 N–H and O–H groups in total. The summed E-state index contributed by atoms with van der Waals surface area (Å²) in [5.41, 5.74) is 19.0. The Bertz CT molecular complexity index is 4280. The van der Waals surface area contributed by atoms with E-state index < -0.39 is 39.9 Å². The van der Waals surface area contributed by atoms with E-state index in [2.05, 4.69) is 78.7 Å². The Morgan fingerprint density at radius 2 is 0.857 bits per heavy atom. The molecule has 0 aliphatic carbocycles. The van der Waals surface area contributed by atoms with Crippen LogP contribution >= 0.6 is 63.7 Å². The van der Waals surface area contributed by atoms with E-state index in [1.807, 2.05) is 36.4 Å². The smallest absolute Gasteiger partial charge is 0.283 e. The number of rotatable bonds is 4. The van der Waals surface area contributed by atoms with Crippen molar-refractivity contribution in [2.24, 2.45) is 32.2 Å². The molecule has 1 unspecified atom stereocenters. The van der Waals surface area contributed by atoms with Crippen molar-refractivity contribution in [3.8, 4) is 57.5 Å². The molecule has 8 aromatic carbocycles. The van der Waals surface area contributed by atoms with Crippen LogP contribution in [0.25, 0.3) is 21.9 Å². The lowest BCUT2D eigenvalue weighted by molar-refractivity contribution is 0.109. The SMILES string of the molecule is COc1cc(F)c2c(c1)C1(COCC(N)=N1)c1cc(Br)ccc1O2.COc1cc(F)c2c(c1)[C@@]1(CCOC(N)=N1)c1cc(Br)ccc1O2.COc1cc(F)c2c(c1)[C@]1(CCOC(N)=N1)c1cc(Br)ccc1O2.COc1cc(F)c2oc3ccc(Br)cc3c(=O)c2c1. The normalized spacial score (nSPS) is 19.2. The highest BCUT2D eigenvalue weighted by atomic mass is 79.9. The van der Waals surface area contributed by atoms with Crippen molar-refractivity contribution < 1.29 is 69.3 Å². The summed E-state index contributed by atoms with van der Waals surface area (Å²) < 4.78 is 121. The van der Waals surface area contributed by atoms with Crippen molar-refractivity contribution in [3.63, 3.8) is 0 Å². The highest BCUT2D eigenvalue weighted by molar-refractivity contribution is 9.11. The van der Waals surface area contributed by atoms with E-state index in [1.54, 1.807) is 54.6 Å². The maximum absolute atomic E-state index is 14.6. The lowest BCUT2D eigenvalue weighted by atomic mass is 9.77. The Hall–Kier alpha value is -8.56. The quantitative estimate of drug-likeness (QED) is 0.110. The van der Waals surface area contributed by atoms with Gasteiger partial charge in [0.25, 0.3) is 12.0 Å². The molecule has 26 heteroatoms. The van der Waals surface area contributed by atoms with E-state index in [4.69, 9.17) is 69.0 Å². The third-order valence-corrected chi connectivity index (χ3v) is 17.7. The molecule has 6 aliphatic rings. The predicted molar refractivity (Wildman–Crippen MR) is 345 cm³/mol. The number of ether oxygens (including phenoxy) is 10. The molecule has 0 saturated carbocycles. The van der Waals surface area contributed by atoms with Gasteiger partial charge in [-0.25, -0.2) is 27.5 Å².